The van der Waals surface area contributed by atoms with E-state index < -0.39 is 0 Å². The fourth-order valence-corrected chi connectivity index (χ4v) is 3.43. The highest BCUT2D eigenvalue weighted by Crippen LogP contribution is 2.23. The number of hydrogen-bond donors (Lipinski definition) is 2. The van der Waals surface area contributed by atoms with Gasteiger partial charge in [0, 0.05) is 25.5 Å². The SMILES string of the molecule is NC(=O)CCc1nnc(SCC(=O)NC2CC2)n1CC1CCCO1. The Morgan fingerprint density at radius 1 is 1.33 bits per heavy atom. The van der Waals surface area contributed by atoms with Gasteiger partial charge in [0.15, 0.2) is 5.16 Å². The summed E-state index contributed by atoms with van der Waals surface area (Å²) in [5.74, 6) is 0.692. The first kappa shape index (κ1) is 17.2. The van der Waals surface area contributed by atoms with Crippen LogP contribution in [0.4, 0.5) is 0 Å². The lowest BCUT2D eigenvalue weighted by atomic mass is 10.2. The third kappa shape index (κ3) is 4.94. The van der Waals surface area contributed by atoms with Gasteiger partial charge in [-0.15, -0.1) is 10.2 Å². The van der Waals surface area contributed by atoms with E-state index in [4.69, 9.17) is 10.5 Å². The lowest BCUT2D eigenvalue weighted by molar-refractivity contribution is -0.119. The van der Waals surface area contributed by atoms with E-state index in [1.54, 1.807) is 0 Å². The first-order chi connectivity index (χ1) is 11.6. The fraction of sp³-hybridized carbons (Fsp3) is 0.733. The molecule has 2 heterocycles. The zero-order valence-electron chi connectivity index (χ0n) is 13.6. The number of aryl methyl sites for hydroxylation is 1. The number of rotatable bonds is 9. The minimum atomic E-state index is -0.361. The molecule has 0 aromatic carbocycles. The monoisotopic (exact) mass is 353 g/mol. The van der Waals surface area contributed by atoms with Gasteiger partial charge in [0.25, 0.3) is 0 Å². The van der Waals surface area contributed by atoms with Crippen molar-refractivity contribution in [2.45, 2.75) is 62.4 Å². The third-order valence-corrected chi connectivity index (χ3v) is 5.04. The van der Waals surface area contributed by atoms with E-state index in [9.17, 15) is 9.59 Å². The van der Waals surface area contributed by atoms with Gasteiger partial charge in [-0.2, -0.15) is 0 Å². The lowest BCUT2D eigenvalue weighted by Gasteiger charge is -2.14. The van der Waals surface area contributed by atoms with Crippen LogP contribution in [0, 0.1) is 0 Å². The number of amides is 2. The molecule has 3 rings (SSSR count). The fourth-order valence-electron chi connectivity index (χ4n) is 2.65. The number of thioether (sulfide) groups is 1. The Labute approximate surface area is 144 Å². The summed E-state index contributed by atoms with van der Waals surface area (Å²) in [5.41, 5.74) is 5.23. The predicted molar refractivity (Wildman–Crippen MR) is 88.4 cm³/mol. The van der Waals surface area contributed by atoms with Crippen molar-refractivity contribution in [3.63, 3.8) is 0 Å². The number of hydrogen-bond acceptors (Lipinski definition) is 6. The Hall–Kier alpha value is -1.61. The standard InChI is InChI=1S/C15H23N5O3S/c16-12(21)5-6-13-18-19-15(20(13)8-11-2-1-7-23-11)24-9-14(22)17-10-3-4-10/h10-11H,1-9H2,(H2,16,21)(H,17,22). The molecule has 1 saturated heterocycles. The van der Waals surface area contributed by atoms with Crippen molar-refractivity contribution in [1.82, 2.24) is 20.1 Å². The Morgan fingerprint density at radius 3 is 2.83 bits per heavy atom. The van der Waals surface area contributed by atoms with E-state index in [-0.39, 0.29) is 24.3 Å². The van der Waals surface area contributed by atoms with Crippen LogP contribution in [0.15, 0.2) is 5.16 Å². The molecule has 0 radical (unpaired) electrons. The summed E-state index contributed by atoms with van der Waals surface area (Å²) < 4.78 is 7.66. The molecule has 132 valence electrons. The van der Waals surface area contributed by atoms with Crippen molar-refractivity contribution < 1.29 is 14.3 Å². The molecule has 9 heteroatoms. The zero-order valence-corrected chi connectivity index (χ0v) is 14.4. The maximum Gasteiger partial charge on any atom is 0.230 e. The second-order valence-electron chi connectivity index (χ2n) is 6.24. The van der Waals surface area contributed by atoms with Gasteiger partial charge >= 0.3 is 0 Å². The molecule has 1 aliphatic heterocycles. The highest BCUT2D eigenvalue weighted by molar-refractivity contribution is 7.99. The molecule has 1 unspecified atom stereocenters. The van der Waals surface area contributed by atoms with Gasteiger partial charge in [-0.1, -0.05) is 11.8 Å². The summed E-state index contributed by atoms with van der Waals surface area (Å²) in [6.45, 7) is 1.42. The minimum absolute atomic E-state index is 0.0212. The summed E-state index contributed by atoms with van der Waals surface area (Å²) in [4.78, 5) is 22.9. The summed E-state index contributed by atoms with van der Waals surface area (Å²) >= 11 is 1.37. The topological polar surface area (TPSA) is 112 Å². The van der Waals surface area contributed by atoms with Gasteiger partial charge in [-0.3, -0.25) is 9.59 Å². The molecule has 0 spiro atoms. The van der Waals surface area contributed by atoms with Crippen LogP contribution in [0.25, 0.3) is 0 Å². The molecule has 0 bridgehead atoms. The molecular weight excluding hydrogens is 330 g/mol. The number of aromatic nitrogens is 3. The number of carbonyl (C=O) groups is 2. The van der Waals surface area contributed by atoms with Crippen molar-refractivity contribution >= 4 is 23.6 Å². The van der Waals surface area contributed by atoms with Gasteiger partial charge < -0.3 is 20.4 Å². The van der Waals surface area contributed by atoms with E-state index in [0.717, 1.165) is 38.1 Å². The van der Waals surface area contributed by atoms with Crippen molar-refractivity contribution in [1.29, 1.82) is 0 Å². The van der Waals surface area contributed by atoms with Crippen LogP contribution >= 0.6 is 11.8 Å². The van der Waals surface area contributed by atoms with Crippen LogP contribution in [0.1, 0.15) is 37.9 Å². The van der Waals surface area contributed by atoms with Crippen LogP contribution in [-0.2, 0) is 27.3 Å². The molecular formula is C15H23N5O3S. The second-order valence-corrected chi connectivity index (χ2v) is 7.18. The molecule has 1 aromatic heterocycles. The Morgan fingerprint density at radius 2 is 2.17 bits per heavy atom. The van der Waals surface area contributed by atoms with E-state index in [1.165, 1.54) is 11.8 Å². The predicted octanol–water partition coefficient (Wildman–Crippen LogP) is 0.246. The largest absolute Gasteiger partial charge is 0.376 e. The van der Waals surface area contributed by atoms with Crippen LogP contribution in [0.5, 0.6) is 0 Å². The van der Waals surface area contributed by atoms with E-state index >= 15 is 0 Å². The summed E-state index contributed by atoms with van der Waals surface area (Å²) in [6.07, 6.45) is 5.01. The maximum absolute atomic E-state index is 11.9. The molecule has 1 atom stereocenters. The summed E-state index contributed by atoms with van der Waals surface area (Å²) in [7, 11) is 0. The van der Waals surface area contributed by atoms with E-state index in [1.807, 2.05) is 4.57 Å². The first-order valence-electron chi connectivity index (χ1n) is 8.36. The Kier molecular flexibility index (Phi) is 5.72. The summed E-state index contributed by atoms with van der Waals surface area (Å²) in [5, 5.41) is 12.0. The van der Waals surface area contributed by atoms with Crippen molar-refractivity contribution in [3.8, 4) is 0 Å². The highest BCUT2D eigenvalue weighted by Gasteiger charge is 2.24. The van der Waals surface area contributed by atoms with Crippen molar-refractivity contribution in [2.24, 2.45) is 5.73 Å². The van der Waals surface area contributed by atoms with Gasteiger partial charge in [0.2, 0.25) is 11.8 Å². The second kappa shape index (κ2) is 7.98. The molecule has 2 fully saturated rings. The Balaban J connectivity index is 1.63. The molecule has 8 nitrogen and oxygen atoms in total. The molecule has 3 N–H and O–H groups in total. The Bertz CT molecular complexity index is 596. The molecule has 1 aliphatic carbocycles. The molecule has 1 aromatic rings. The minimum Gasteiger partial charge on any atom is -0.376 e. The average Bonchev–Trinajstić information content (AvgIpc) is 3.07. The zero-order chi connectivity index (χ0) is 16.9. The first-order valence-corrected chi connectivity index (χ1v) is 9.34. The normalized spacial score (nSPS) is 20.2. The molecule has 2 aliphatic rings. The van der Waals surface area contributed by atoms with Crippen molar-refractivity contribution in [2.75, 3.05) is 12.4 Å². The van der Waals surface area contributed by atoms with Crippen molar-refractivity contribution in [3.05, 3.63) is 5.82 Å². The summed E-state index contributed by atoms with van der Waals surface area (Å²) in [6, 6.07) is 0.356. The highest BCUT2D eigenvalue weighted by atomic mass is 32.2. The number of carbonyl (C=O) groups excluding carboxylic acids is 2. The van der Waals surface area contributed by atoms with Gasteiger partial charge in [-0.25, -0.2) is 0 Å². The molecule has 24 heavy (non-hydrogen) atoms. The van der Waals surface area contributed by atoms with Gasteiger partial charge in [-0.05, 0) is 25.7 Å². The maximum atomic E-state index is 11.9. The molecule has 2 amide bonds. The number of nitrogens with one attached hydrogen (secondary N) is 1. The van der Waals surface area contributed by atoms with E-state index in [0.29, 0.717) is 29.9 Å². The number of nitrogens with zero attached hydrogens (tertiary/aromatic N) is 3. The number of nitrogens with two attached hydrogens (primary N) is 1. The van der Waals surface area contributed by atoms with Gasteiger partial charge in [0.1, 0.15) is 5.82 Å². The van der Waals surface area contributed by atoms with Crippen LogP contribution in [0.3, 0.4) is 0 Å². The third-order valence-electron chi connectivity index (χ3n) is 4.07. The number of primary amides is 1. The number of ether oxygens (including phenoxy) is 1. The van der Waals surface area contributed by atoms with Gasteiger partial charge in [0.05, 0.1) is 18.4 Å². The van der Waals surface area contributed by atoms with E-state index in [2.05, 4.69) is 15.5 Å². The molecule has 1 saturated carbocycles. The average molecular weight is 353 g/mol. The smallest absolute Gasteiger partial charge is 0.230 e. The van der Waals surface area contributed by atoms with Crippen LogP contribution in [0.2, 0.25) is 0 Å². The van der Waals surface area contributed by atoms with Crippen LogP contribution < -0.4 is 11.1 Å². The quantitative estimate of drug-likeness (QED) is 0.615. The van der Waals surface area contributed by atoms with Crippen LogP contribution in [-0.4, -0.2) is 51.1 Å². The lowest BCUT2D eigenvalue weighted by Crippen LogP contribution is -2.27.